The molecule has 114 valence electrons. The van der Waals surface area contributed by atoms with Crippen LogP contribution in [0.15, 0.2) is 29.3 Å². The molecule has 0 bridgehead atoms. The molecule has 0 spiro atoms. The smallest absolute Gasteiger partial charge is 0.192 e. The fourth-order valence-corrected chi connectivity index (χ4v) is 1.62. The fourth-order valence-electron chi connectivity index (χ4n) is 1.62. The molecule has 0 saturated carbocycles. The number of aliphatic imine (C=N–C) groups is 1. The lowest BCUT2D eigenvalue weighted by molar-refractivity contribution is 0.146. The highest BCUT2D eigenvalue weighted by atomic mass is 16.5. The molecule has 5 nitrogen and oxygen atoms in total. The quantitative estimate of drug-likeness (QED) is 0.329. The van der Waals surface area contributed by atoms with E-state index in [0.29, 0.717) is 32.3 Å². The molecular formula is C16H23N3O2. The van der Waals surface area contributed by atoms with Gasteiger partial charge in [0.25, 0.3) is 0 Å². The molecular weight excluding hydrogens is 266 g/mol. The van der Waals surface area contributed by atoms with Crippen LogP contribution in [0.1, 0.15) is 12.5 Å². The summed E-state index contributed by atoms with van der Waals surface area (Å²) in [5.41, 5.74) is 1.07. The Labute approximate surface area is 126 Å². The number of ether oxygens (including phenoxy) is 2. The van der Waals surface area contributed by atoms with E-state index in [4.69, 9.17) is 15.9 Å². The average molecular weight is 289 g/mol. The number of nitrogens with one attached hydrogen (secondary N) is 2. The third-order valence-electron chi connectivity index (χ3n) is 2.58. The second-order valence-corrected chi connectivity index (χ2v) is 4.24. The first kappa shape index (κ1) is 16.9. The van der Waals surface area contributed by atoms with Crippen LogP contribution in [0.5, 0.6) is 5.75 Å². The topological polar surface area (TPSA) is 54.9 Å². The van der Waals surface area contributed by atoms with Gasteiger partial charge in [-0.25, -0.2) is 4.99 Å². The summed E-state index contributed by atoms with van der Waals surface area (Å²) in [7, 11) is 1.65. The highest BCUT2D eigenvalue weighted by Gasteiger charge is 1.99. The van der Waals surface area contributed by atoms with E-state index in [0.717, 1.165) is 17.9 Å². The van der Waals surface area contributed by atoms with Crippen molar-refractivity contribution in [2.45, 2.75) is 13.5 Å². The number of benzene rings is 1. The molecule has 0 amide bonds. The molecule has 0 atom stereocenters. The first-order valence-corrected chi connectivity index (χ1v) is 6.96. The minimum Gasteiger partial charge on any atom is -0.491 e. The molecule has 21 heavy (non-hydrogen) atoms. The van der Waals surface area contributed by atoms with E-state index < -0.39 is 0 Å². The Morgan fingerprint density at radius 3 is 2.90 bits per heavy atom. The lowest BCUT2D eigenvalue weighted by Gasteiger charge is -2.09. The van der Waals surface area contributed by atoms with Crippen molar-refractivity contribution in [3.05, 3.63) is 29.8 Å². The predicted octanol–water partition coefficient (Wildman–Crippen LogP) is 1.40. The summed E-state index contributed by atoms with van der Waals surface area (Å²) in [4.78, 5) is 4.48. The van der Waals surface area contributed by atoms with Crippen LogP contribution in [-0.2, 0) is 11.3 Å². The van der Waals surface area contributed by atoms with E-state index in [1.54, 1.807) is 7.11 Å². The molecule has 0 fully saturated rings. The van der Waals surface area contributed by atoms with Gasteiger partial charge in [-0.15, -0.1) is 6.42 Å². The molecule has 0 radical (unpaired) electrons. The molecule has 5 heteroatoms. The van der Waals surface area contributed by atoms with E-state index in [-0.39, 0.29) is 0 Å². The van der Waals surface area contributed by atoms with Crippen molar-refractivity contribution < 1.29 is 9.47 Å². The summed E-state index contributed by atoms with van der Waals surface area (Å²) < 4.78 is 10.5. The van der Waals surface area contributed by atoms with Crippen LogP contribution >= 0.6 is 0 Å². The molecule has 1 aromatic carbocycles. The fraction of sp³-hybridized carbons (Fsp3) is 0.438. The standard InChI is InChI=1S/C16H23N3O2/c1-4-9-18-16(17-5-2)19-13-14-7-6-8-15(12-14)21-11-10-20-3/h1,6-8,12H,5,9-11,13H2,2-3H3,(H2,17,18,19). The second-order valence-electron chi connectivity index (χ2n) is 4.24. The summed E-state index contributed by atoms with van der Waals surface area (Å²) in [6.45, 7) is 4.92. The normalized spacial score (nSPS) is 10.8. The molecule has 0 aliphatic carbocycles. The molecule has 0 heterocycles. The molecule has 0 aromatic heterocycles. The number of terminal acetylenes is 1. The van der Waals surface area contributed by atoms with E-state index in [9.17, 15) is 0 Å². The second kappa shape index (κ2) is 10.6. The largest absolute Gasteiger partial charge is 0.491 e. The SMILES string of the molecule is C#CCNC(=NCc1cccc(OCCOC)c1)NCC. The Balaban J connectivity index is 2.59. The van der Waals surface area contributed by atoms with Crippen molar-refractivity contribution in [1.29, 1.82) is 0 Å². The van der Waals surface area contributed by atoms with Crippen LogP contribution < -0.4 is 15.4 Å². The lowest BCUT2D eigenvalue weighted by Crippen LogP contribution is -2.37. The van der Waals surface area contributed by atoms with E-state index in [1.165, 1.54) is 0 Å². The van der Waals surface area contributed by atoms with E-state index in [1.807, 2.05) is 31.2 Å². The first-order valence-electron chi connectivity index (χ1n) is 6.96. The Morgan fingerprint density at radius 1 is 1.33 bits per heavy atom. The molecule has 1 rings (SSSR count). The molecule has 1 aromatic rings. The van der Waals surface area contributed by atoms with Gasteiger partial charge in [-0.3, -0.25) is 0 Å². The Morgan fingerprint density at radius 2 is 2.19 bits per heavy atom. The van der Waals surface area contributed by atoms with Gasteiger partial charge in [0.2, 0.25) is 0 Å². The van der Waals surface area contributed by atoms with Gasteiger partial charge in [0, 0.05) is 13.7 Å². The van der Waals surface area contributed by atoms with Crippen molar-refractivity contribution in [1.82, 2.24) is 10.6 Å². The zero-order valence-electron chi connectivity index (χ0n) is 12.7. The maximum Gasteiger partial charge on any atom is 0.192 e. The van der Waals surface area contributed by atoms with Crippen LogP contribution in [0.3, 0.4) is 0 Å². The minimum absolute atomic E-state index is 0.450. The number of hydrogen-bond acceptors (Lipinski definition) is 3. The number of nitrogens with zero attached hydrogens (tertiary/aromatic N) is 1. The van der Waals surface area contributed by atoms with Gasteiger partial charge < -0.3 is 20.1 Å². The van der Waals surface area contributed by atoms with Crippen LogP contribution in [0, 0.1) is 12.3 Å². The molecule has 0 unspecified atom stereocenters. The molecule has 0 saturated heterocycles. The number of methoxy groups -OCH3 is 1. The third-order valence-corrected chi connectivity index (χ3v) is 2.58. The Bertz CT molecular complexity index is 481. The van der Waals surface area contributed by atoms with Crippen LogP contribution in [0.25, 0.3) is 0 Å². The summed E-state index contributed by atoms with van der Waals surface area (Å²) in [5, 5.41) is 6.19. The first-order chi connectivity index (χ1) is 10.3. The van der Waals surface area contributed by atoms with E-state index >= 15 is 0 Å². The van der Waals surface area contributed by atoms with Gasteiger partial charge in [0.15, 0.2) is 5.96 Å². The lowest BCUT2D eigenvalue weighted by atomic mass is 10.2. The third kappa shape index (κ3) is 7.23. The van der Waals surface area contributed by atoms with Crippen molar-refractivity contribution in [3.8, 4) is 18.1 Å². The molecule has 0 aliphatic heterocycles. The minimum atomic E-state index is 0.450. The van der Waals surface area contributed by atoms with Gasteiger partial charge in [0.05, 0.1) is 19.7 Å². The van der Waals surface area contributed by atoms with Gasteiger partial charge in [-0.1, -0.05) is 18.1 Å². The maximum atomic E-state index is 5.58. The van der Waals surface area contributed by atoms with Crippen molar-refractivity contribution in [3.63, 3.8) is 0 Å². The van der Waals surface area contributed by atoms with Gasteiger partial charge in [0.1, 0.15) is 12.4 Å². The van der Waals surface area contributed by atoms with E-state index in [2.05, 4.69) is 21.5 Å². The summed E-state index contributed by atoms with van der Waals surface area (Å²) >= 11 is 0. The summed E-state index contributed by atoms with van der Waals surface area (Å²) in [5.74, 6) is 4.06. The predicted molar refractivity (Wildman–Crippen MR) is 85.5 cm³/mol. The highest BCUT2D eigenvalue weighted by Crippen LogP contribution is 2.13. The van der Waals surface area contributed by atoms with Gasteiger partial charge in [-0.2, -0.15) is 0 Å². The number of hydrogen-bond donors (Lipinski definition) is 2. The number of rotatable bonds is 8. The highest BCUT2D eigenvalue weighted by molar-refractivity contribution is 5.79. The summed E-state index contributed by atoms with van der Waals surface area (Å²) in [6.07, 6.45) is 5.24. The monoisotopic (exact) mass is 289 g/mol. The van der Waals surface area contributed by atoms with Crippen LogP contribution in [0.2, 0.25) is 0 Å². The molecule has 2 N–H and O–H groups in total. The maximum absolute atomic E-state index is 5.58. The van der Waals surface area contributed by atoms with Crippen molar-refractivity contribution in [2.75, 3.05) is 33.4 Å². The molecule has 0 aliphatic rings. The van der Waals surface area contributed by atoms with Gasteiger partial charge >= 0.3 is 0 Å². The van der Waals surface area contributed by atoms with Gasteiger partial charge in [-0.05, 0) is 24.6 Å². The Kier molecular flexibility index (Phi) is 8.50. The number of guanidine groups is 1. The zero-order chi connectivity index (χ0) is 15.3. The average Bonchev–Trinajstić information content (AvgIpc) is 2.51. The Hall–Kier alpha value is -2.19. The van der Waals surface area contributed by atoms with Crippen molar-refractivity contribution >= 4 is 5.96 Å². The van der Waals surface area contributed by atoms with Crippen LogP contribution in [0.4, 0.5) is 0 Å². The van der Waals surface area contributed by atoms with Crippen molar-refractivity contribution in [2.24, 2.45) is 4.99 Å². The zero-order valence-corrected chi connectivity index (χ0v) is 12.7. The van der Waals surface area contributed by atoms with Crippen LogP contribution in [-0.4, -0.2) is 39.4 Å². The summed E-state index contributed by atoms with van der Waals surface area (Å²) in [6, 6.07) is 7.86.